The molecule has 0 aliphatic carbocycles. The molecule has 7 heteroatoms. The highest BCUT2D eigenvalue weighted by atomic mass is 16.5. The molecule has 0 radical (unpaired) electrons. The van der Waals surface area contributed by atoms with Crippen molar-refractivity contribution in [3.05, 3.63) is 56.9 Å². The smallest absolute Gasteiger partial charge is 0.330 e. The summed E-state index contributed by atoms with van der Waals surface area (Å²) in [5.74, 6) is -0.0802. The predicted molar refractivity (Wildman–Crippen MR) is 82.5 cm³/mol. The summed E-state index contributed by atoms with van der Waals surface area (Å²) in [4.78, 5) is 36.0. The Bertz CT molecular complexity index is 820. The van der Waals surface area contributed by atoms with Crippen LogP contribution in [0.25, 0.3) is 0 Å². The second-order valence-electron chi connectivity index (χ2n) is 4.68. The number of hydrogen-bond donors (Lipinski definition) is 1. The Morgan fingerprint density at radius 3 is 2.59 bits per heavy atom. The summed E-state index contributed by atoms with van der Waals surface area (Å²) < 4.78 is 7.49. The number of anilines is 1. The van der Waals surface area contributed by atoms with Gasteiger partial charge in [0.2, 0.25) is 0 Å². The lowest BCUT2D eigenvalue weighted by atomic mass is 10.2. The fourth-order valence-electron chi connectivity index (χ4n) is 2.00. The molecule has 1 N–H and O–H groups in total. The first kappa shape index (κ1) is 15.6. The zero-order chi connectivity index (χ0) is 16.3. The number of ether oxygens (including phenoxy) is 1. The van der Waals surface area contributed by atoms with E-state index in [2.05, 4.69) is 5.32 Å². The molecule has 0 bridgehead atoms. The second-order valence-corrected chi connectivity index (χ2v) is 4.68. The summed E-state index contributed by atoms with van der Waals surface area (Å²) in [5.41, 5.74) is -0.785. The highest BCUT2D eigenvalue weighted by Gasteiger charge is 2.16. The standard InChI is InChI=1S/C15H17N3O4/c1-4-22-12-8-6-5-7-11(12)16-13(19)10-9-17(2)15(21)18(3)14(10)20/h5-9H,4H2,1-3H3,(H,16,19). The topological polar surface area (TPSA) is 82.3 Å². The molecule has 0 saturated carbocycles. The van der Waals surface area contributed by atoms with Gasteiger partial charge in [0, 0.05) is 20.3 Å². The second kappa shape index (κ2) is 6.30. The molecular formula is C15H17N3O4. The van der Waals surface area contributed by atoms with Crippen molar-refractivity contribution in [2.75, 3.05) is 11.9 Å². The van der Waals surface area contributed by atoms with Gasteiger partial charge in [-0.1, -0.05) is 12.1 Å². The number of aromatic nitrogens is 2. The maximum absolute atomic E-state index is 12.3. The van der Waals surface area contributed by atoms with E-state index in [0.29, 0.717) is 18.0 Å². The minimum Gasteiger partial charge on any atom is -0.492 e. The van der Waals surface area contributed by atoms with Crippen molar-refractivity contribution in [1.82, 2.24) is 9.13 Å². The van der Waals surface area contributed by atoms with Crippen LogP contribution < -0.4 is 21.3 Å². The van der Waals surface area contributed by atoms with E-state index in [1.165, 1.54) is 24.9 Å². The minimum atomic E-state index is -0.644. The lowest BCUT2D eigenvalue weighted by molar-refractivity contribution is 0.102. The Hall–Kier alpha value is -2.83. The predicted octanol–water partition coefficient (Wildman–Crippen LogP) is 0.735. The van der Waals surface area contributed by atoms with Gasteiger partial charge >= 0.3 is 5.69 Å². The van der Waals surface area contributed by atoms with Crippen LogP contribution in [0.2, 0.25) is 0 Å². The summed E-state index contributed by atoms with van der Waals surface area (Å²) in [5, 5.41) is 2.63. The van der Waals surface area contributed by atoms with Crippen molar-refractivity contribution in [3.63, 3.8) is 0 Å². The van der Waals surface area contributed by atoms with Gasteiger partial charge in [0.15, 0.2) is 0 Å². The Morgan fingerprint density at radius 2 is 1.91 bits per heavy atom. The first-order chi connectivity index (χ1) is 10.5. The van der Waals surface area contributed by atoms with Gasteiger partial charge in [0.25, 0.3) is 11.5 Å². The molecule has 1 aromatic heterocycles. The van der Waals surface area contributed by atoms with E-state index in [4.69, 9.17) is 4.74 Å². The molecule has 0 fully saturated rings. The van der Waals surface area contributed by atoms with Crippen LogP contribution in [0.1, 0.15) is 17.3 Å². The van der Waals surface area contributed by atoms with Crippen LogP contribution in [-0.2, 0) is 14.1 Å². The number of para-hydroxylation sites is 2. The fourth-order valence-corrected chi connectivity index (χ4v) is 2.00. The summed E-state index contributed by atoms with van der Waals surface area (Å²) in [7, 11) is 2.81. The van der Waals surface area contributed by atoms with E-state index in [1.807, 2.05) is 6.92 Å². The molecule has 0 spiro atoms. The Kier molecular flexibility index (Phi) is 4.45. The molecule has 116 valence electrons. The maximum Gasteiger partial charge on any atom is 0.330 e. The van der Waals surface area contributed by atoms with Gasteiger partial charge in [-0.2, -0.15) is 0 Å². The molecule has 2 rings (SSSR count). The number of nitrogens with one attached hydrogen (secondary N) is 1. The number of nitrogens with zero attached hydrogens (tertiary/aromatic N) is 2. The number of hydrogen-bond acceptors (Lipinski definition) is 4. The Balaban J connectivity index is 2.39. The third-order valence-corrected chi connectivity index (χ3v) is 3.13. The lowest BCUT2D eigenvalue weighted by Crippen LogP contribution is -2.40. The molecule has 0 aliphatic heterocycles. The molecule has 0 aliphatic rings. The van der Waals surface area contributed by atoms with Gasteiger partial charge in [0.1, 0.15) is 11.3 Å². The van der Waals surface area contributed by atoms with Gasteiger partial charge in [0.05, 0.1) is 12.3 Å². The number of amides is 1. The first-order valence-corrected chi connectivity index (χ1v) is 6.75. The molecule has 0 atom stereocenters. The molecule has 1 aromatic carbocycles. The summed E-state index contributed by atoms with van der Waals surface area (Å²) in [6, 6.07) is 6.93. The fraction of sp³-hybridized carbons (Fsp3) is 0.267. The normalized spacial score (nSPS) is 10.3. The number of rotatable bonds is 4. The molecule has 0 unspecified atom stereocenters. The largest absolute Gasteiger partial charge is 0.492 e. The molecule has 22 heavy (non-hydrogen) atoms. The minimum absolute atomic E-state index is 0.115. The molecule has 1 amide bonds. The van der Waals surface area contributed by atoms with Crippen LogP contribution in [-0.4, -0.2) is 21.6 Å². The van der Waals surface area contributed by atoms with Crippen LogP contribution >= 0.6 is 0 Å². The highest BCUT2D eigenvalue weighted by Crippen LogP contribution is 2.23. The summed E-state index contributed by atoms with van der Waals surface area (Å²) in [6.07, 6.45) is 1.23. The van der Waals surface area contributed by atoms with Crippen molar-refractivity contribution in [2.24, 2.45) is 14.1 Å². The average Bonchev–Trinajstić information content (AvgIpc) is 2.51. The van der Waals surface area contributed by atoms with Crippen molar-refractivity contribution in [3.8, 4) is 5.75 Å². The van der Waals surface area contributed by atoms with Gasteiger partial charge in [-0.15, -0.1) is 0 Å². The van der Waals surface area contributed by atoms with E-state index in [1.54, 1.807) is 24.3 Å². The zero-order valence-electron chi connectivity index (χ0n) is 12.6. The lowest BCUT2D eigenvalue weighted by Gasteiger charge is -2.11. The van der Waals surface area contributed by atoms with Crippen LogP contribution in [0.3, 0.4) is 0 Å². The molecule has 2 aromatic rings. The third kappa shape index (κ3) is 2.93. The van der Waals surface area contributed by atoms with Crippen molar-refractivity contribution in [2.45, 2.75) is 6.92 Å². The van der Waals surface area contributed by atoms with Gasteiger partial charge in [-0.3, -0.25) is 14.2 Å². The van der Waals surface area contributed by atoms with Crippen LogP contribution in [0.4, 0.5) is 5.69 Å². The van der Waals surface area contributed by atoms with E-state index in [0.717, 1.165) is 4.57 Å². The van der Waals surface area contributed by atoms with Gasteiger partial charge in [-0.25, -0.2) is 4.79 Å². The van der Waals surface area contributed by atoms with E-state index < -0.39 is 17.2 Å². The van der Waals surface area contributed by atoms with Crippen molar-refractivity contribution < 1.29 is 9.53 Å². The third-order valence-electron chi connectivity index (χ3n) is 3.13. The Labute approximate surface area is 126 Å². The van der Waals surface area contributed by atoms with E-state index >= 15 is 0 Å². The highest BCUT2D eigenvalue weighted by molar-refractivity contribution is 6.04. The molecule has 0 saturated heterocycles. The van der Waals surface area contributed by atoms with Crippen molar-refractivity contribution in [1.29, 1.82) is 0 Å². The zero-order valence-corrected chi connectivity index (χ0v) is 12.6. The molecule has 1 heterocycles. The Morgan fingerprint density at radius 1 is 1.23 bits per heavy atom. The number of aryl methyl sites for hydroxylation is 1. The SMILES string of the molecule is CCOc1ccccc1NC(=O)c1cn(C)c(=O)n(C)c1=O. The number of carbonyl (C=O) groups is 1. The first-order valence-electron chi connectivity index (χ1n) is 6.75. The van der Waals surface area contributed by atoms with Gasteiger partial charge < -0.3 is 14.6 Å². The van der Waals surface area contributed by atoms with Crippen molar-refractivity contribution >= 4 is 11.6 Å². The summed E-state index contributed by atoms with van der Waals surface area (Å²) in [6.45, 7) is 2.29. The monoisotopic (exact) mass is 303 g/mol. The van der Waals surface area contributed by atoms with Crippen LogP contribution in [0.5, 0.6) is 5.75 Å². The molecular weight excluding hydrogens is 286 g/mol. The van der Waals surface area contributed by atoms with E-state index in [9.17, 15) is 14.4 Å². The van der Waals surface area contributed by atoms with Gasteiger partial charge in [-0.05, 0) is 19.1 Å². The number of benzene rings is 1. The maximum atomic E-state index is 12.3. The molecule has 7 nitrogen and oxygen atoms in total. The van der Waals surface area contributed by atoms with Crippen LogP contribution in [0.15, 0.2) is 40.1 Å². The number of carbonyl (C=O) groups excluding carboxylic acids is 1. The average molecular weight is 303 g/mol. The quantitative estimate of drug-likeness (QED) is 0.903. The van der Waals surface area contributed by atoms with E-state index in [-0.39, 0.29) is 5.56 Å². The van der Waals surface area contributed by atoms with Crippen LogP contribution in [0, 0.1) is 0 Å². The summed E-state index contributed by atoms with van der Waals surface area (Å²) >= 11 is 0.